The number of hydrogen-bond donors (Lipinski definition) is 1. The fraction of sp³-hybridized carbons (Fsp3) is 0.118. The molecule has 3 aromatic rings. The largest absolute Gasteiger partial charge is 0.397 e. The number of nitriles is 1. The van der Waals surface area contributed by atoms with Gasteiger partial charge in [0.25, 0.3) is 0 Å². The number of nitrogens with zero attached hydrogens (tertiary/aromatic N) is 7. The summed E-state index contributed by atoms with van der Waals surface area (Å²) in [5.41, 5.74) is 8.32. The van der Waals surface area contributed by atoms with E-state index in [1.807, 2.05) is 37.2 Å². The summed E-state index contributed by atoms with van der Waals surface area (Å²) in [6.45, 7) is 0. The standard InChI is InChI=1S/C17H16N8/c1-24(2)13-6-7-15(14(19)9-13)22-23-17-12(10-18)11-21-25(17)16-5-3-4-8-20-16/h3-9,11H,19H2,1-2H3. The van der Waals surface area contributed by atoms with Crippen molar-refractivity contribution in [1.82, 2.24) is 14.8 Å². The van der Waals surface area contributed by atoms with Gasteiger partial charge in [-0.2, -0.15) is 15.0 Å². The van der Waals surface area contributed by atoms with E-state index in [4.69, 9.17) is 5.73 Å². The number of nitrogens with two attached hydrogens (primary N) is 1. The summed E-state index contributed by atoms with van der Waals surface area (Å²) in [5, 5.41) is 21.8. The third-order valence-electron chi connectivity index (χ3n) is 3.51. The Morgan fingerprint density at radius 3 is 2.68 bits per heavy atom. The number of aromatic nitrogens is 3. The monoisotopic (exact) mass is 332 g/mol. The van der Waals surface area contributed by atoms with E-state index in [1.54, 1.807) is 24.4 Å². The zero-order valence-corrected chi connectivity index (χ0v) is 13.8. The van der Waals surface area contributed by atoms with Crippen molar-refractivity contribution in [2.75, 3.05) is 24.7 Å². The fourth-order valence-electron chi connectivity index (χ4n) is 2.18. The first kappa shape index (κ1) is 16.1. The Morgan fingerprint density at radius 1 is 1.20 bits per heavy atom. The van der Waals surface area contributed by atoms with Gasteiger partial charge in [0.05, 0.1) is 11.9 Å². The number of anilines is 2. The van der Waals surface area contributed by atoms with Gasteiger partial charge in [-0.3, -0.25) is 0 Å². The maximum absolute atomic E-state index is 9.27. The summed E-state index contributed by atoms with van der Waals surface area (Å²) in [5.74, 6) is 0.853. The van der Waals surface area contributed by atoms with Crippen molar-refractivity contribution in [3.05, 3.63) is 54.4 Å². The number of hydrogen-bond acceptors (Lipinski definition) is 7. The van der Waals surface area contributed by atoms with Crippen molar-refractivity contribution in [2.45, 2.75) is 0 Å². The average Bonchev–Trinajstić information content (AvgIpc) is 3.04. The second-order valence-corrected chi connectivity index (χ2v) is 5.43. The van der Waals surface area contributed by atoms with Gasteiger partial charge < -0.3 is 10.6 Å². The molecule has 0 radical (unpaired) electrons. The lowest BCUT2D eigenvalue weighted by atomic mass is 10.2. The molecule has 2 heterocycles. The van der Waals surface area contributed by atoms with Gasteiger partial charge in [-0.25, -0.2) is 4.98 Å². The van der Waals surface area contributed by atoms with Gasteiger partial charge in [0.2, 0.25) is 0 Å². The smallest absolute Gasteiger partial charge is 0.197 e. The zero-order chi connectivity index (χ0) is 17.8. The van der Waals surface area contributed by atoms with Gasteiger partial charge in [0, 0.05) is 26.0 Å². The highest BCUT2D eigenvalue weighted by Gasteiger charge is 2.12. The van der Waals surface area contributed by atoms with E-state index in [0.29, 0.717) is 28.6 Å². The Labute approximate surface area is 144 Å². The zero-order valence-electron chi connectivity index (χ0n) is 13.8. The quantitative estimate of drug-likeness (QED) is 0.583. The van der Waals surface area contributed by atoms with Crippen LogP contribution in [0.3, 0.4) is 0 Å². The van der Waals surface area contributed by atoms with Crippen molar-refractivity contribution in [2.24, 2.45) is 10.2 Å². The number of pyridine rings is 1. The molecular weight excluding hydrogens is 316 g/mol. The molecule has 0 bridgehead atoms. The molecule has 0 aliphatic carbocycles. The van der Waals surface area contributed by atoms with Gasteiger partial charge in [-0.1, -0.05) is 6.07 Å². The van der Waals surface area contributed by atoms with E-state index in [1.165, 1.54) is 10.9 Å². The maximum atomic E-state index is 9.27. The highest BCUT2D eigenvalue weighted by atomic mass is 15.4. The maximum Gasteiger partial charge on any atom is 0.197 e. The van der Waals surface area contributed by atoms with Crippen molar-refractivity contribution in [1.29, 1.82) is 5.26 Å². The van der Waals surface area contributed by atoms with Crippen LogP contribution < -0.4 is 10.6 Å². The van der Waals surface area contributed by atoms with Gasteiger partial charge in [-0.05, 0) is 30.3 Å². The Hall–Kier alpha value is -3.73. The van der Waals surface area contributed by atoms with Crippen molar-refractivity contribution < 1.29 is 0 Å². The topological polar surface area (TPSA) is 108 Å². The fourth-order valence-corrected chi connectivity index (χ4v) is 2.18. The summed E-state index contributed by atoms with van der Waals surface area (Å²) >= 11 is 0. The Balaban J connectivity index is 2.00. The summed E-state index contributed by atoms with van der Waals surface area (Å²) in [4.78, 5) is 6.17. The predicted molar refractivity (Wildman–Crippen MR) is 95.4 cm³/mol. The Morgan fingerprint density at radius 2 is 2.04 bits per heavy atom. The first-order valence-corrected chi connectivity index (χ1v) is 7.48. The van der Waals surface area contributed by atoms with Crippen LogP contribution in [0.1, 0.15) is 5.56 Å². The minimum atomic E-state index is 0.303. The third-order valence-corrected chi connectivity index (χ3v) is 3.51. The van der Waals surface area contributed by atoms with E-state index in [-0.39, 0.29) is 0 Å². The molecule has 8 nitrogen and oxygen atoms in total. The van der Waals surface area contributed by atoms with Crippen LogP contribution in [-0.4, -0.2) is 28.9 Å². The van der Waals surface area contributed by atoms with Crippen molar-refractivity contribution in [3.8, 4) is 11.9 Å². The minimum absolute atomic E-state index is 0.303. The molecule has 0 saturated heterocycles. The number of benzene rings is 1. The van der Waals surface area contributed by atoms with Gasteiger partial charge >= 0.3 is 0 Å². The van der Waals surface area contributed by atoms with Crippen LogP contribution >= 0.6 is 0 Å². The normalized spacial score (nSPS) is 10.8. The molecule has 0 saturated carbocycles. The SMILES string of the molecule is CN(C)c1ccc(N=Nc2c(C#N)cnn2-c2ccccn2)c(N)c1. The van der Waals surface area contributed by atoms with Gasteiger partial charge in [-0.15, -0.1) is 10.2 Å². The summed E-state index contributed by atoms with van der Waals surface area (Å²) in [6, 6.07) is 12.9. The highest BCUT2D eigenvalue weighted by Crippen LogP contribution is 2.29. The lowest BCUT2D eigenvalue weighted by molar-refractivity contribution is 0.839. The van der Waals surface area contributed by atoms with E-state index in [9.17, 15) is 5.26 Å². The summed E-state index contributed by atoms with van der Waals surface area (Å²) in [6.07, 6.45) is 3.07. The lowest BCUT2D eigenvalue weighted by Gasteiger charge is -2.13. The van der Waals surface area contributed by atoms with Gasteiger partial charge in [0.1, 0.15) is 17.3 Å². The Kier molecular flexibility index (Phi) is 4.39. The van der Waals surface area contributed by atoms with E-state index >= 15 is 0 Å². The first-order chi connectivity index (χ1) is 12.1. The van der Waals surface area contributed by atoms with Crippen LogP contribution in [-0.2, 0) is 0 Å². The van der Waals surface area contributed by atoms with E-state index in [2.05, 4.69) is 26.4 Å². The van der Waals surface area contributed by atoms with Crippen LogP contribution in [0, 0.1) is 11.3 Å². The molecule has 3 rings (SSSR count). The van der Waals surface area contributed by atoms with Crippen LogP contribution in [0.4, 0.5) is 22.9 Å². The number of azo groups is 1. The molecule has 0 aliphatic heterocycles. The molecule has 124 valence electrons. The lowest BCUT2D eigenvalue weighted by Crippen LogP contribution is -2.08. The molecule has 2 aromatic heterocycles. The second-order valence-electron chi connectivity index (χ2n) is 5.43. The molecular formula is C17H16N8. The van der Waals surface area contributed by atoms with Crippen molar-refractivity contribution >= 4 is 22.9 Å². The summed E-state index contributed by atoms with van der Waals surface area (Å²) in [7, 11) is 3.86. The van der Waals surface area contributed by atoms with Crippen molar-refractivity contribution in [3.63, 3.8) is 0 Å². The molecule has 25 heavy (non-hydrogen) atoms. The highest BCUT2D eigenvalue weighted by molar-refractivity contribution is 5.69. The average molecular weight is 332 g/mol. The molecule has 0 spiro atoms. The molecule has 2 N–H and O–H groups in total. The second kappa shape index (κ2) is 6.80. The van der Waals surface area contributed by atoms with E-state index < -0.39 is 0 Å². The molecule has 0 fully saturated rings. The third kappa shape index (κ3) is 3.30. The van der Waals surface area contributed by atoms with Crippen LogP contribution in [0.15, 0.2) is 59.0 Å². The molecule has 8 heteroatoms. The number of rotatable bonds is 4. The molecule has 0 unspecified atom stereocenters. The van der Waals surface area contributed by atoms with Crippen LogP contribution in [0.25, 0.3) is 5.82 Å². The molecule has 0 atom stereocenters. The molecule has 0 aliphatic rings. The van der Waals surface area contributed by atoms with Crippen LogP contribution in [0.2, 0.25) is 0 Å². The van der Waals surface area contributed by atoms with E-state index in [0.717, 1.165) is 5.69 Å². The number of nitrogen functional groups attached to an aromatic ring is 1. The first-order valence-electron chi connectivity index (χ1n) is 7.48. The summed E-state index contributed by atoms with van der Waals surface area (Å²) < 4.78 is 1.46. The van der Waals surface area contributed by atoms with Gasteiger partial charge in [0.15, 0.2) is 11.6 Å². The molecule has 1 aromatic carbocycles. The predicted octanol–water partition coefficient (Wildman–Crippen LogP) is 3.20. The minimum Gasteiger partial charge on any atom is -0.397 e. The molecule has 0 amide bonds. The Bertz CT molecular complexity index is 951. The van der Waals surface area contributed by atoms with Crippen LogP contribution in [0.5, 0.6) is 0 Å².